The molecule has 1 unspecified atom stereocenters. The van der Waals surface area contributed by atoms with Gasteiger partial charge in [-0.3, -0.25) is 4.90 Å². The molecule has 3 aliphatic rings. The van der Waals surface area contributed by atoms with Gasteiger partial charge in [-0.2, -0.15) is 0 Å². The summed E-state index contributed by atoms with van der Waals surface area (Å²) >= 11 is 0. The molecule has 1 atom stereocenters. The number of hydrogen-bond acceptors (Lipinski definition) is 3. The fourth-order valence-electron chi connectivity index (χ4n) is 5.45. The molecule has 26 heavy (non-hydrogen) atoms. The highest BCUT2D eigenvalue weighted by Gasteiger charge is 2.55. The summed E-state index contributed by atoms with van der Waals surface area (Å²) in [7, 11) is 0. The van der Waals surface area contributed by atoms with Gasteiger partial charge in [0, 0.05) is 31.0 Å². The number of aromatic nitrogens is 2. The number of fused-ring (bicyclic) bond motifs is 2. The molecule has 1 spiro atoms. The van der Waals surface area contributed by atoms with Crippen molar-refractivity contribution in [1.29, 1.82) is 0 Å². The van der Waals surface area contributed by atoms with Crippen molar-refractivity contribution in [3.05, 3.63) is 101 Å². The Bertz CT molecular complexity index is 1050. The van der Waals surface area contributed by atoms with E-state index >= 15 is 0 Å². The molecule has 1 saturated heterocycles. The average Bonchev–Trinajstić information content (AvgIpc) is 3.20. The predicted octanol–water partition coefficient (Wildman–Crippen LogP) is 4.15. The zero-order chi connectivity index (χ0) is 17.1. The monoisotopic (exact) mass is 337 g/mol. The van der Waals surface area contributed by atoms with Crippen molar-refractivity contribution >= 4 is 5.57 Å². The summed E-state index contributed by atoms with van der Waals surface area (Å²) in [5.41, 5.74) is 9.63. The van der Waals surface area contributed by atoms with Crippen LogP contribution in [0.15, 0.2) is 72.8 Å². The molecule has 6 rings (SSSR count). The second-order valence-corrected chi connectivity index (χ2v) is 7.42. The van der Waals surface area contributed by atoms with Crippen molar-refractivity contribution in [1.82, 2.24) is 14.9 Å². The third kappa shape index (κ3) is 1.62. The van der Waals surface area contributed by atoms with Gasteiger partial charge in [0.2, 0.25) is 0 Å². The lowest BCUT2D eigenvalue weighted by molar-refractivity contribution is 0.145. The minimum atomic E-state index is -0.101. The molecule has 0 radical (unpaired) electrons. The van der Waals surface area contributed by atoms with Gasteiger partial charge in [-0.25, -0.2) is 9.97 Å². The average molecular weight is 337 g/mol. The van der Waals surface area contributed by atoms with Crippen LogP contribution in [0.5, 0.6) is 0 Å². The highest BCUT2D eigenvalue weighted by atomic mass is 15.2. The van der Waals surface area contributed by atoms with E-state index in [1.54, 1.807) is 6.33 Å². The van der Waals surface area contributed by atoms with Crippen molar-refractivity contribution in [2.75, 3.05) is 6.54 Å². The molecule has 2 aromatic carbocycles. The number of benzene rings is 2. The van der Waals surface area contributed by atoms with Gasteiger partial charge >= 0.3 is 0 Å². The fourth-order valence-corrected chi connectivity index (χ4v) is 5.45. The van der Waals surface area contributed by atoms with Gasteiger partial charge in [-0.1, -0.05) is 48.5 Å². The molecule has 3 heterocycles. The third-order valence-electron chi connectivity index (χ3n) is 6.27. The van der Waals surface area contributed by atoms with E-state index < -0.39 is 0 Å². The predicted molar refractivity (Wildman–Crippen MR) is 101 cm³/mol. The largest absolute Gasteiger partial charge is 0.282 e. The van der Waals surface area contributed by atoms with E-state index in [0.29, 0.717) is 0 Å². The van der Waals surface area contributed by atoms with E-state index in [2.05, 4.69) is 63.4 Å². The highest BCUT2D eigenvalue weighted by Crippen LogP contribution is 2.60. The quantitative estimate of drug-likeness (QED) is 0.668. The molecular weight excluding hydrogens is 318 g/mol. The lowest BCUT2D eigenvalue weighted by Crippen LogP contribution is -2.45. The Hall–Kier alpha value is -2.78. The normalized spacial score (nSPS) is 23.4. The minimum absolute atomic E-state index is 0.101. The zero-order valence-corrected chi connectivity index (χ0v) is 14.5. The number of nitrogens with zero attached hydrogens (tertiary/aromatic N) is 3. The minimum Gasteiger partial charge on any atom is -0.282 e. The molecule has 1 fully saturated rings. The van der Waals surface area contributed by atoms with Crippen LogP contribution >= 0.6 is 0 Å². The van der Waals surface area contributed by atoms with Crippen LogP contribution in [-0.2, 0) is 12.1 Å². The van der Waals surface area contributed by atoms with Gasteiger partial charge in [0.05, 0.1) is 5.54 Å². The molecule has 0 amide bonds. The van der Waals surface area contributed by atoms with Crippen molar-refractivity contribution in [3.8, 4) is 0 Å². The van der Waals surface area contributed by atoms with Crippen molar-refractivity contribution in [2.24, 2.45) is 0 Å². The molecule has 126 valence electrons. The van der Waals surface area contributed by atoms with E-state index in [9.17, 15) is 0 Å². The second kappa shape index (κ2) is 5.12. The Morgan fingerprint density at radius 1 is 0.885 bits per heavy atom. The van der Waals surface area contributed by atoms with Crippen LogP contribution in [0.25, 0.3) is 5.57 Å². The maximum absolute atomic E-state index is 4.31. The van der Waals surface area contributed by atoms with E-state index in [4.69, 9.17) is 0 Å². The van der Waals surface area contributed by atoms with Gasteiger partial charge < -0.3 is 0 Å². The molecule has 2 aliphatic heterocycles. The van der Waals surface area contributed by atoms with Crippen LogP contribution in [0.3, 0.4) is 0 Å². The van der Waals surface area contributed by atoms with Crippen molar-refractivity contribution in [2.45, 2.75) is 24.9 Å². The van der Waals surface area contributed by atoms with E-state index in [1.807, 2.05) is 12.4 Å². The summed E-state index contributed by atoms with van der Waals surface area (Å²) < 4.78 is 0. The standard InChI is InChI=1S/C23H19N3/c1-3-8-19-16(6-1)14-26-11-5-10-21-22(17-12-24-15-25-13-17)18-7-2-4-9-20(18)23(19,21)26/h1-4,6-9,12-13,15H,5,10-11,14H2. The Morgan fingerprint density at radius 2 is 1.65 bits per heavy atom. The number of hydrogen-bond donors (Lipinski definition) is 0. The second-order valence-electron chi connectivity index (χ2n) is 7.42. The first-order valence-electron chi connectivity index (χ1n) is 9.33. The summed E-state index contributed by atoms with van der Waals surface area (Å²) in [4.78, 5) is 11.3. The molecule has 1 aromatic heterocycles. The molecule has 0 N–H and O–H groups in total. The lowest BCUT2D eigenvalue weighted by atomic mass is 9.76. The summed E-state index contributed by atoms with van der Waals surface area (Å²) in [6.45, 7) is 2.18. The van der Waals surface area contributed by atoms with Crippen molar-refractivity contribution in [3.63, 3.8) is 0 Å². The summed E-state index contributed by atoms with van der Waals surface area (Å²) in [6.07, 6.45) is 7.87. The van der Waals surface area contributed by atoms with Crippen LogP contribution in [0.2, 0.25) is 0 Å². The van der Waals surface area contributed by atoms with Gasteiger partial charge in [0.1, 0.15) is 6.33 Å². The molecular formula is C23H19N3. The maximum atomic E-state index is 4.31. The summed E-state index contributed by atoms with van der Waals surface area (Å²) in [6, 6.07) is 17.9. The first-order chi connectivity index (χ1) is 12.9. The Kier molecular flexibility index (Phi) is 2.83. The molecule has 3 nitrogen and oxygen atoms in total. The van der Waals surface area contributed by atoms with Crippen molar-refractivity contribution < 1.29 is 0 Å². The molecule has 3 heteroatoms. The van der Waals surface area contributed by atoms with Gasteiger partial charge in [-0.15, -0.1) is 0 Å². The van der Waals surface area contributed by atoms with Gasteiger partial charge in [0.15, 0.2) is 0 Å². The van der Waals surface area contributed by atoms with Crippen LogP contribution in [0.4, 0.5) is 0 Å². The smallest absolute Gasteiger partial charge is 0.115 e. The lowest BCUT2D eigenvalue weighted by Gasteiger charge is -2.43. The number of rotatable bonds is 1. The van der Waals surface area contributed by atoms with Crippen LogP contribution in [0, 0.1) is 0 Å². The zero-order valence-electron chi connectivity index (χ0n) is 14.5. The van der Waals surface area contributed by atoms with Gasteiger partial charge in [0.25, 0.3) is 0 Å². The number of piperidine rings is 1. The molecule has 0 saturated carbocycles. The molecule has 0 bridgehead atoms. The van der Waals surface area contributed by atoms with E-state index in [0.717, 1.165) is 25.1 Å². The topological polar surface area (TPSA) is 29.0 Å². The van der Waals surface area contributed by atoms with Crippen LogP contribution < -0.4 is 0 Å². The molecule has 1 aliphatic carbocycles. The fraction of sp³-hybridized carbons (Fsp3) is 0.217. The van der Waals surface area contributed by atoms with E-state index in [-0.39, 0.29) is 5.54 Å². The van der Waals surface area contributed by atoms with E-state index in [1.165, 1.54) is 39.8 Å². The maximum Gasteiger partial charge on any atom is 0.115 e. The first-order valence-corrected chi connectivity index (χ1v) is 9.33. The first kappa shape index (κ1) is 14.4. The summed E-state index contributed by atoms with van der Waals surface area (Å²) in [5, 5.41) is 0. The highest BCUT2D eigenvalue weighted by molar-refractivity contribution is 5.91. The Morgan fingerprint density at radius 3 is 2.54 bits per heavy atom. The molecule has 3 aromatic rings. The van der Waals surface area contributed by atoms with Crippen LogP contribution in [-0.4, -0.2) is 21.4 Å². The van der Waals surface area contributed by atoms with Crippen LogP contribution in [0.1, 0.15) is 40.7 Å². The van der Waals surface area contributed by atoms with Gasteiger partial charge in [-0.05, 0) is 46.2 Å². The third-order valence-corrected chi connectivity index (χ3v) is 6.27. The summed E-state index contributed by atoms with van der Waals surface area (Å²) in [5.74, 6) is 0. The Labute approximate surface area is 153 Å². The Balaban J connectivity index is 1.75. The SMILES string of the molecule is c1ccc2c(c1)CN1CCCC3=C(c4cncnc4)c4ccccc4C321.